The molecule has 0 bridgehead atoms. The normalized spacial score (nSPS) is 12.1. The third-order valence-electron chi connectivity index (χ3n) is 1.88. The van der Waals surface area contributed by atoms with Gasteiger partial charge in [-0.2, -0.15) is 5.10 Å². The molecule has 1 heterocycles. The van der Waals surface area contributed by atoms with Crippen LogP contribution in [0.5, 0.6) is 0 Å². The van der Waals surface area contributed by atoms with Gasteiger partial charge in [0.25, 0.3) is 0 Å². The summed E-state index contributed by atoms with van der Waals surface area (Å²) < 4.78 is 1.60. The first kappa shape index (κ1) is 9.26. The van der Waals surface area contributed by atoms with Gasteiger partial charge in [0.05, 0.1) is 5.69 Å². The van der Waals surface area contributed by atoms with E-state index in [0.29, 0.717) is 0 Å². The predicted molar refractivity (Wildman–Crippen MR) is 47.9 cm³/mol. The van der Waals surface area contributed by atoms with E-state index >= 15 is 0 Å². The first-order chi connectivity index (χ1) is 5.45. The van der Waals surface area contributed by atoms with Crippen LogP contribution in [0.2, 0.25) is 0 Å². The number of hydrogen-bond donors (Lipinski definition) is 1. The largest absolute Gasteiger partial charge is 0.374 e. The van der Waals surface area contributed by atoms with E-state index in [0.717, 1.165) is 11.4 Å². The monoisotopic (exact) mass is 168 g/mol. The molecule has 0 amide bonds. The van der Waals surface area contributed by atoms with Gasteiger partial charge in [0, 0.05) is 11.1 Å². The van der Waals surface area contributed by atoms with E-state index < -0.39 is 0 Å². The summed E-state index contributed by atoms with van der Waals surface area (Å²) in [5, 5.41) is 13.2. The van der Waals surface area contributed by atoms with Crippen molar-refractivity contribution in [2.24, 2.45) is 0 Å². The lowest BCUT2D eigenvalue weighted by Gasteiger charge is -2.13. The highest BCUT2D eigenvalue weighted by atomic mass is 16.3. The van der Waals surface area contributed by atoms with Crippen molar-refractivity contribution in [1.29, 1.82) is 0 Å². The minimum Gasteiger partial charge on any atom is -0.374 e. The van der Waals surface area contributed by atoms with E-state index in [1.165, 1.54) is 0 Å². The number of aliphatic hydroxyl groups is 1. The maximum atomic E-state index is 8.90. The van der Waals surface area contributed by atoms with Crippen molar-refractivity contribution in [1.82, 2.24) is 9.78 Å². The summed E-state index contributed by atoms with van der Waals surface area (Å²) in [6.45, 7) is 8.23. The Balaban J connectivity index is 3.05. The average Bonchev–Trinajstić information content (AvgIpc) is 2.29. The Kier molecular flexibility index (Phi) is 2.24. The van der Waals surface area contributed by atoms with Crippen molar-refractivity contribution in [3.63, 3.8) is 0 Å². The third-order valence-corrected chi connectivity index (χ3v) is 1.88. The Morgan fingerprint density at radius 3 is 2.33 bits per heavy atom. The van der Waals surface area contributed by atoms with Gasteiger partial charge in [-0.05, 0) is 13.0 Å². The van der Waals surface area contributed by atoms with Crippen molar-refractivity contribution in [3.05, 3.63) is 17.5 Å². The molecular weight excluding hydrogens is 152 g/mol. The van der Waals surface area contributed by atoms with Crippen LogP contribution < -0.4 is 0 Å². The van der Waals surface area contributed by atoms with Gasteiger partial charge in [-0.1, -0.05) is 20.8 Å². The van der Waals surface area contributed by atoms with E-state index in [1.54, 1.807) is 4.68 Å². The van der Waals surface area contributed by atoms with Gasteiger partial charge in [0.1, 0.15) is 6.73 Å². The molecule has 0 saturated carbocycles. The Bertz CT molecular complexity index is 271. The summed E-state index contributed by atoms with van der Waals surface area (Å²) in [5.41, 5.74) is 2.09. The number of aryl methyl sites for hydroxylation is 1. The quantitative estimate of drug-likeness (QED) is 0.689. The van der Waals surface area contributed by atoms with Gasteiger partial charge < -0.3 is 5.11 Å². The van der Waals surface area contributed by atoms with Crippen LogP contribution in [0.1, 0.15) is 32.2 Å². The van der Waals surface area contributed by atoms with Gasteiger partial charge in [-0.25, -0.2) is 4.68 Å². The van der Waals surface area contributed by atoms with Crippen LogP contribution in [-0.4, -0.2) is 14.9 Å². The molecule has 12 heavy (non-hydrogen) atoms. The van der Waals surface area contributed by atoms with Crippen molar-refractivity contribution < 1.29 is 5.11 Å². The minimum absolute atomic E-state index is 0.0398. The Morgan fingerprint density at radius 2 is 2.08 bits per heavy atom. The topological polar surface area (TPSA) is 38.0 Å². The summed E-state index contributed by atoms with van der Waals surface area (Å²) in [6, 6.07) is 2.01. The zero-order chi connectivity index (χ0) is 9.35. The molecule has 1 aromatic rings. The molecule has 0 fully saturated rings. The van der Waals surface area contributed by atoms with E-state index in [-0.39, 0.29) is 12.1 Å². The molecule has 0 aromatic carbocycles. The first-order valence-electron chi connectivity index (χ1n) is 4.11. The predicted octanol–water partition coefficient (Wildman–Crippen LogP) is 1.44. The molecule has 3 heteroatoms. The highest BCUT2D eigenvalue weighted by Crippen LogP contribution is 2.20. The summed E-state index contributed by atoms with van der Waals surface area (Å²) in [4.78, 5) is 0. The molecule has 1 rings (SSSR count). The fourth-order valence-corrected chi connectivity index (χ4v) is 1.02. The highest BCUT2D eigenvalue weighted by molar-refractivity contribution is 5.16. The standard InChI is InChI=1S/C9H16N2O/c1-7-5-8(9(2,3)4)10-11(7)6-12/h5,12H,6H2,1-4H3. The minimum atomic E-state index is -0.0398. The van der Waals surface area contributed by atoms with Crippen molar-refractivity contribution in [3.8, 4) is 0 Å². The number of nitrogens with zero attached hydrogens (tertiary/aromatic N) is 2. The molecule has 0 saturated heterocycles. The number of rotatable bonds is 1. The maximum Gasteiger partial charge on any atom is 0.136 e. The SMILES string of the molecule is Cc1cc(C(C)(C)C)nn1CO. The Hall–Kier alpha value is -0.830. The zero-order valence-corrected chi connectivity index (χ0v) is 8.13. The van der Waals surface area contributed by atoms with E-state index in [2.05, 4.69) is 25.9 Å². The number of aliphatic hydroxyl groups excluding tert-OH is 1. The van der Waals surface area contributed by atoms with Crippen LogP contribution in [-0.2, 0) is 12.1 Å². The fraction of sp³-hybridized carbons (Fsp3) is 0.667. The highest BCUT2D eigenvalue weighted by Gasteiger charge is 2.17. The number of aromatic nitrogens is 2. The van der Waals surface area contributed by atoms with Crippen molar-refractivity contribution in [2.45, 2.75) is 39.8 Å². The lowest BCUT2D eigenvalue weighted by Crippen LogP contribution is -2.13. The summed E-state index contributed by atoms with van der Waals surface area (Å²) in [5.74, 6) is 0. The summed E-state index contributed by atoms with van der Waals surface area (Å²) >= 11 is 0. The van der Waals surface area contributed by atoms with Gasteiger partial charge in [-0.15, -0.1) is 0 Å². The first-order valence-corrected chi connectivity index (χ1v) is 4.11. The molecule has 0 radical (unpaired) electrons. The number of hydrogen-bond acceptors (Lipinski definition) is 2. The van der Waals surface area contributed by atoms with Gasteiger partial charge >= 0.3 is 0 Å². The van der Waals surface area contributed by atoms with Crippen molar-refractivity contribution in [2.75, 3.05) is 0 Å². The molecule has 0 atom stereocenters. The molecule has 3 nitrogen and oxygen atoms in total. The van der Waals surface area contributed by atoms with Crippen LogP contribution in [0.3, 0.4) is 0 Å². The van der Waals surface area contributed by atoms with Crippen LogP contribution in [0, 0.1) is 6.92 Å². The van der Waals surface area contributed by atoms with Crippen LogP contribution >= 0.6 is 0 Å². The molecule has 0 aliphatic heterocycles. The average molecular weight is 168 g/mol. The van der Waals surface area contributed by atoms with Crippen LogP contribution in [0.15, 0.2) is 6.07 Å². The Morgan fingerprint density at radius 1 is 1.50 bits per heavy atom. The lowest BCUT2D eigenvalue weighted by atomic mass is 9.92. The Labute approximate surface area is 73.0 Å². The third kappa shape index (κ3) is 1.67. The molecule has 1 N–H and O–H groups in total. The second kappa shape index (κ2) is 2.90. The lowest BCUT2D eigenvalue weighted by molar-refractivity contribution is 0.191. The van der Waals surface area contributed by atoms with Crippen LogP contribution in [0.25, 0.3) is 0 Å². The fourth-order valence-electron chi connectivity index (χ4n) is 1.02. The van der Waals surface area contributed by atoms with Gasteiger partial charge in [-0.3, -0.25) is 0 Å². The second-order valence-electron chi connectivity index (χ2n) is 4.06. The second-order valence-corrected chi connectivity index (χ2v) is 4.06. The summed E-state index contributed by atoms with van der Waals surface area (Å²) in [7, 11) is 0. The molecule has 0 unspecified atom stereocenters. The van der Waals surface area contributed by atoms with E-state index in [1.807, 2.05) is 13.0 Å². The molecular formula is C9H16N2O. The smallest absolute Gasteiger partial charge is 0.136 e. The maximum absolute atomic E-state index is 8.90. The molecule has 0 spiro atoms. The van der Waals surface area contributed by atoms with Gasteiger partial charge in [0.15, 0.2) is 0 Å². The molecule has 0 aliphatic carbocycles. The molecule has 1 aromatic heterocycles. The van der Waals surface area contributed by atoms with Gasteiger partial charge in [0.2, 0.25) is 0 Å². The molecule has 68 valence electrons. The molecule has 0 aliphatic rings. The van der Waals surface area contributed by atoms with Crippen molar-refractivity contribution >= 4 is 0 Å². The van der Waals surface area contributed by atoms with E-state index in [9.17, 15) is 0 Å². The zero-order valence-electron chi connectivity index (χ0n) is 8.13. The van der Waals surface area contributed by atoms with Crippen LogP contribution in [0.4, 0.5) is 0 Å². The van der Waals surface area contributed by atoms with E-state index in [4.69, 9.17) is 5.11 Å². The summed E-state index contributed by atoms with van der Waals surface area (Å²) in [6.07, 6.45) is 0.